The predicted molar refractivity (Wildman–Crippen MR) is 169 cm³/mol. The van der Waals surface area contributed by atoms with Crippen LogP contribution >= 0.6 is 11.6 Å². The average Bonchev–Trinajstić information content (AvgIpc) is 3.01. The van der Waals surface area contributed by atoms with Crippen LogP contribution in [0.5, 0.6) is 0 Å². The van der Waals surface area contributed by atoms with Gasteiger partial charge >= 0.3 is 0 Å². The van der Waals surface area contributed by atoms with Crippen molar-refractivity contribution in [3.8, 4) is 11.1 Å². The molecule has 0 radical (unpaired) electrons. The van der Waals surface area contributed by atoms with Gasteiger partial charge in [-0.15, -0.1) is 0 Å². The van der Waals surface area contributed by atoms with E-state index in [1.807, 2.05) is 48.5 Å². The topological polar surface area (TPSA) is 122 Å². The number of nitrogens with one attached hydrogen (secondary N) is 2. The Morgan fingerprint density at radius 2 is 1.81 bits per heavy atom. The number of carbonyl (C=O) groups is 1. The first-order valence-electron chi connectivity index (χ1n) is 14.0. The molecular weight excluding hydrogens is 550 g/mol. The number of nitrogens with two attached hydrogens (primary N) is 1. The summed E-state index contributed by atoms with van der Waals surface area (Å²) in [7, 11) is 0. The maximum Gasteiger partial charge on any atom is 0.248 e. The number of anilines is 1. The number of pyridine rings is 2. The minimum atomic E-state index is -0.483. The van der Waals surface area contributed by atoms with Crippen molar-refractivity contribution >= 4 is 45.0 Å². The molecular formula is C33H34ClN5O3. The lowest BCUT2D eigenvalue weighted by Gasteiger charge is -2.12. The number of unbranched alkanes of at least 4 members (excludes halogenated alkanes) is 1. The zero-order valence-corrected chi connectivity index (χ0v) is 24.0. The van der Waals surface area contributed by atoms with Gasteiger partial charge in [-0.1, -0.05) is 54.1 Å². The number of nitrogens with zero attached hydrogens (tertiary/aromatic N) is 2. The summed E-state index contributed by atoms with van der Waals surface area (Å²) in [6.07, 6.45) is 5.49. The van der Waals surface area contributed by atoms with Gasteiger partial charge in [0.1, 0.15) is 5.82 Å². The number of aromatic nitrogens is 2. The van der Waals surface area contributed by atoms with Gasteiger partial charge in [0.05, 0.1) is 18.7 Å². The molecule has 0 aliphatic heterocycles. The van der Waals surface area contributed by atoms with Gasteiger partial charge in [-0.05, 0) is 60.3 Å². The Labute approximate surface area is 249 Å². The second kappa shape index (κ2) is 14.2. The van der Waals surface area contributed by atoms with Crippen LogP contribution in [0, 0.1) is 0 Å². The summed E-state index contributed by atoms with van der Waals surface area (Å²) in [6, 6.07) is 21.0. The maximum absolute atomic E-state index is 11.6. The minimum absolute atomic E-state index is 0.0207. The van der Waals surface area contributed by atoms with E-state index in [-0.39, 0.29) is 6.61 Å². The lowest BCUT2D eigenvalue weighted by molar-refractivity contribution is 0.100. The highest BCUT2D eigenvalue weighted by atomic mass is 35.5. The number of aliphatic hydroxyl groups is 1. The third-order valence-electron chi connectivity index (χ3n) is 7.15. The molecule has 8 nitrogen and oxygen atoms in total. The molecule has 0 unspecified atom stereocenters. The van der Waals surface area contributed by atoms with Crippen molar-refractivity contribution in [2.24, 2.45) is 5.73 Å². The quantitative estimate of drug-likeness (QED) is 0.0978. The van der Waals surface area contributed by atoms with Crippen LogP contribution in [0.15, 0.2) is 79.1 Å². The van der Waals surface area contributed by atoms with Crippen LogP contribution in [0.25, 0.3) is 32.8 Å². The van der Waals surface area contributed by atoms with E-state index in [0.717, 1.165) is 70.2 Å². The lowest BCUT2D eigenvalue weighted by Crippen LogP contribution is -2.16. The molecule has 0 aliphatic carbocycles. The van der Waals surface area contributed by atoms with Crippen LogP contribution in [0.3, 0.4) is 0 Å². The third kappa shape index (κ3) is 7.03. The fraction of sp³-hybridized carbons (Fsp3) is 0.242. The Hall–Kier alpha value is -4.08. The van der Waals surface area contributed by atoms with Gasteiger partial charge < -0.3 is 26.2 Å². The van der Waals surface area contributed by atoms with Crippen molar-refractivity contribution in [1.29, 1.82) is 0 Å². The van der Waals surface area contributed by atoms with Crippen molar-refractivity contribution in [2.45, 2.75) is 26.0 Å². The predicted octanol–water partition coefficient (Wildman–Crippen LogP) is 5.69. The summed E-state index contributed by atoms with van der Waals surface area (Å²) in [4.78, 5) is 20.6. The Morgan fingerprint density at radius 1 is 0.929 bits per heavy atom. The summed E-state index contributed by atoms with van der Waals surface area (Å²) in [5.41, 5.74) is 10.4. The number of benzene rings is 3. The number of primary amides is 1. The molecule has 0 saturated carbocycles. The fourth-order valence-electron chi connectivity index (χ4n) is 4.97. The number of aliphatic hydroxyl groups excluding tert-OH is 1. The monoisotopic (exact) mass is 583 g/mol. The van der Waals surface area contributed by atoms with Crippen LogP contribution in [0.1, 0.15) is 34.3 Å². The molecule has 42 heavy (non-hydrogen) atoms. The van der Waals surface area contributed by atoms with E-state index >= 15 is 0 Å². The third-order valence-corrected chi connectivity index (χ3v) is 7.47. The Kier molecular flexibility index (Phi) is 9.94. The van der Waals surface area contributed by atoms with Gasteiger partial charge in [0.25, 0.3) is 0 Å². The van der Waals surface area contributed by atoms with Crippen molar-refractivity contribution < 1.29 is 14.6 Å². The number of ether oxygens (including phenoxy) is 1. The van der Waals surface area contributed by atoms with Gasteiger partial charge in [-0.2, -0.15) is 0 Å². The fourth-order valence-corrected chi connectivity index (χ4v) is 5.28. The SMILES string of the molecule is NC(=O)c1ccc2c(c1)nc(NCCOCCCCNCc1ccc(-c3ccccc3CO)c(Cl)c1)c1ccncc12. The van der Waals surface area contributed by atoms with Crippen molar-refractivity contribution in [1.82, 2.24) is 15.3 Å². The molecule has 5 aromatic rings. The Morgan fingerprint density at radius 3 is 2.64 bits per heavy atom. The molecule has 1 amide bonds. The summed E-state index contributed by atoms with van der Waals surface area (Å²) in [5.74, 6) is 0.239. The number of halogens is 1. The van der Waals surface area contributed by atoms with Crippen molar-refractivity contribution in [3.63, 3.8) is 0 Å². The molecule has 5 rings (SSSR count). The molecule has 216 valence electrons. The van der Waals surface area contributed by atoms with Gasteiger partial charge in [0.2, 0.25) is 5.91 Å². The molecule has 0 spiro atoms. The molecule has 0 aliphatic rings. The molecule has 5 N–H and O–H groups in total. The van der Waals surface area contributed by atoms with E-state index < -0.39 is 5.91 Å². The molecule has 0 fully saturated rings. The molecule has 0 bridgehead atoms. The van der Waals surface area contributed by atoms with Gasteiger partial charge in [-0.3, -0.25) is 9.78 Å². The number of rotatable bonds is 14. The number of carbonyl (C=O) groups excluding carboxylic acids is 1. The largest absolute Gasteiger partial charge is 0.392 e. The van der Waals surface area contributed by atoms with Gasteiger partial charge in [0, 0.05) is 64.4 Å². The van der Waals surface area contributed by atoms with Gasteiger partial charge in [0.15, 0.2) is 0 Å². The van der Waals surface area contributed by atoms with E-state index in [2.05, 4.69) is 21.7 Å². The lowest BCUT2D eigenvalue weighted by atomic mass is 9.99. The first kappa shape index (κ1) is 29.4. The summed E-state index contributed by atoms with van der Waals surface area (Å²) in [5, 5.41) is 20.0. The standard InChI is InChI=1S/C33H34ClN5O3/c34-30-17-22(7-9-26(30)25-6-2-1-5-24(25)21-40)19-36-12-3-4-15-42-16-14-38-33-28-11-13-37-20-29(28)27-10-8-23(32(35)41)18-31(27)39-33/h1-2,5-11,13,17-18,20,36,40H,3-4,12,14-16,19,21H2,(H2,35,41)(H,38,39). The van der Waals surface area contributed by atoms with Crippen LogP contribution in [-0.4, -0.2) is 47.3 Å². The smallest absolute Gasteiger partial charge is 0.248 e. The zero-order chi connectivity index (χ0) is 29.3. The highest BCUT2D eigenvalue weighted by molar-refractivity contribution is 6.33. The first-order chi connectivity index (χ1) is 20.5. The van der Waals surface area contributed by atoms with Crippen LogP contribution < -0.4 is 16.4 Å². The highest BCUT2D eigenvalue weighted by Gasteiger charge is 2.11. The van der Waals surface area contributed by atoms with Crippen LogP contribution in [-0.2, 0) is 17.9 Å². The Balaban J connectivity index is 1.03. The van der Waals surface area contributed by atoms with Crippen molar-refractivity contribution in [3.05, 3.63) is 101 Å². The normalized spacial score (nSPS) is 11.3. The molecule has 2 aromatic heterocycles. The number of amides is 1. The molecule has 3 aromatic carbocycles. The number of hydrogen-bond donors (Lipinski definition) is 4. The second-order valence-electron chi connectivity index (χ2n) is 10.0. The summed E-state index contributed by atoms with van der Waals surface area (Å²) >= 11 is 6.57. The van der Waals surface area contributed by atoms with E-state index in [0.29, 0.717) is 35.9 Å². The molecule has 9 heteroatoms. The number of fused-ring (bicyclic) bond motifs is 3. The second-order valence-corrected chi connectivity index (χ2v) is 10.4. The van der Waals surface area contributed by atoms with Gasteiger partial charge in [-0.25, -0.2) is 4.98 Å². The Bertz CT molecular complexity index is 1690. The van der Waals surface area contributed by atoms with E-state index in [4.69, 9.17) is 27.1 Å². The van der Waals surface area contributed by atoms with Crippen LogP contribution in [0.2, 0.25) is 5.02 Å². The minimum Gasteiger partial charge on any atom is -0.392 e. The van der Waals surface area contributed by atoms with E-state index in [1.165, 1.54) is 0 Å². The van der Waals surface area contributed by atoms with E-state index in [9.17, 15) is 9.90 Å². The summed E-state index contributed by atoms with van der Waals surface area (Å²) in [6.45, 7) is 3.41. The maximum atomic E-state index is 11.6. The molecule has 0 atom stereocenters. The summed E-state index contributed by atoms with van der Waals surface area (Å²) < 4.78 is 5.83. The van der Waals surface area contributed by atoms with Crippen LogP contribution in [0.4, 0.5) is 5.82 Å². The first-order valence-corrected chi connectivity index (χ1v) is 14.4. The zero-order valence-electron chi connectivity index (χ0n) is 23.3. The number of hydrogen-bond acceptors (Lipinski definition) is 7. The molecule has 0 saturated heterocycles. The molecule has 2 heterocycles. The van der Waals surface area contributed by atoms with Crippen molar-refractivity contribution in [2.75, 3.05) is 31.6 Å². The van der Waals surface area contributed by atoms with E-state index in [1.54, 1.807) is 24.5 Å². The highest BCUT2D eigenvalue weighted by Crippen LogP contribution is 2.32. The average molecular weight is 584 g/mol.